The van der Waals surface area contributed by atoms with Gasteiger partial charge in [0.05, 0.1) is 12.9 Å². The minimum atomic E-state index is -0.748. The number of benzene rings is 1. The smallest absolute Gasteiger partial charge is 0.166 e. The highest BCUT2D eigenvalue weighted by Crippen LogP contribution is 2.43. The number of hydrogen-bond acceptors (Lipinski definition) is 7. The first-order chi connectivity index (χ1) is 14.1. The molecule has 0 spiro atoms. The molecule has 148 valence electrons. The molecule has 29 heavy (non-hydrogen) atoms. The predicted molar refractivity (Wildman–Crippen MR) is 103 cm³/mol. The van der Waals surface area contributed by atoms with E-state index in [0.717, 1.165) is 5.56 Å². The molecule has 0 radical (unpaired) electrons. The number of rotatable bonds is 2. The SMILES string of the molecule is CC1(C)OC2C(CO)OC(n3cnc4c(C#Cc5ccccc5)ncnc43)C2O1. The third-order valence-corrected chi connectivity index (χ3v) is 5.04. The average Bonchev–Trinajstić information content (AvgIpc) is 3.37. The van der Waals surface area contributed by atoms with Crippen LogP contribution < -0.4 is 0 Å². The zero-order valence-electron chi connectivity index (χ0n) is 16.0. The highest BCUT2D eigenvalue weighted by molar-refractivity contribution is 5.76. The molecule has 5 rings (SSSR count). The number of aromatic nitrogens is 4. The Bertz CT molecular complexity index is 1100. The van der Waals surface area contributed by atoms with Gasteiger partial charge in [-0.1, -0.05) is 24.1 Å². The standard InChI is InChI=1S/C21H20N4O4/c1-21(2)28-17-15(10-26)27-20(18(17)29-21)25-12-24-16-14(22-11-23-19(16)25)9-8-13-6-4-3-5-7-13/h3-7,11-12,15,17-18,20,26H,10H2,1-2H3. The van der Waals surface area contributed by atoms with Crippen molar-refractivity contribution in [3.05, 3.63) is 54.2 Å². The van der Waals surface area contributed by atoms with Crippen molar-refractivity contribution in [1.82, 2.24) is 19.5 Å². The summed E-state index contributed by atoms with van der Waals surface area (Å²) in [6, 6.07) is 9.69. The Hall–Kier alpha value is -2.83. The van der Waals surface area contributed by atoms with Crippen LogP contribution in [-0.4, -0.2) is 55.3 Å². The monoisotopic (exact) mass is 392 g/mol. The van der Waals surface area contributed by atoms with Crippen molar-refractivity contribution in [1.29, 1.82) is 0 Å². The fourth-order valence-corrected chi connectivity index (χ4v) is 3.81. The van der Waals surface area contributed by atoms with Gasteiger partial charge in [0.15, 0.2) is 17.7 Å². The van der Waals surface area contributed by atoms with Gasteiger partial charge in [0.1, 0.15) is 35.8 Å². The second kappa shape index (κ2) is 6.90. The molecular formula is C21H20N4O4. The van der Waals surface area contributed by atoms with Gasteiger partial charge in [-0.2, -0.15) is 0 Å². The normalized spacial score (nSPS) is 27.6. The van der Waals surface area contributed by atoms with E-state index < -0.39 is 18.1 Å². The van der Waals surface area contributed by atoms with Crippen molar-refractivity contribution in [2.45, 2.75) is 44.2 Å². The average molecular weight is 392 g/mol. The van der Waals surface area contributed by atoms with Gasteiger partial charge < -0.3 is 19.3 Å². The number of aliphatic hydroxyl groups excluding tert-OH is 1. The number of nitrogens with zero attached hydrogens (tertiary/aromatic N) is 4. The molecule has 2 aromatic heterocycles. The Morgan fingerprint density at radius 3 is 2.66 bits per heavy atom. The van der Waals surface area contributed by atoms with Crippen molar-refractivity contribution < 1.29 is 19.3 Å². The van der Waals surface area contributed by atoms with E-state index >= 15 is 0 Å². The molecule has 3 aromatic rings. The third kappa shape index (κ3) is 3.18. The molecule has 0 bridgehead atoms. The maximum atomic E-state index is 9.70. The summed E-state index contributed by atoms with van der Waals surface area (Å²) in [6.45, 7) is 3.54. The van der Waals surface area contributed by atoms with E-state index in [2.05, 4.69) is 26.8 Å². The van der Waals surface area contributed by atoms with Crippen LogP contribution in [0.2, 0.25) is 0 Å². The fraction of sp³-hybridized carbons (Fsp3) is 0.381. The zero-order valence-corrected chi connectivity index (χ0v) is 16.0. The molecule has 4 heterocycles. The summed E-state index contributed by atoms with van der Waals surface area (Å²) in [7, 11) is 0. The maximum Gasteiger partial charge on any atom is 0.166 e. The summed E-state index contributed by atoms with van der Waals surface area (Å²) < 4.78 is 19.8. The van der Waals surface area contributed by atoms with Crippen LogP contribution in [0.25, 0.3) is 11.2 Å². The first-order valence-electron chi connectivity index (χ1n) is 9.42. The minimum absolute atomic E-state index is 0.160. The molecule has 1 N–H and O–H groups in total. The van der Waals surface area contributed by atoms with Crippen LogP contribution in [0.15, 0.2) is 43.0 Å². The van der Waals surface area contributed by atoms with Crippen molar-refractivity contribution in [3.63, 3.8) is 0 Å². The number of ether oxygens (including phenoxy) is 3. The van der Waals surface area contributed by atoms with Crippen LogP contribution in [0.3, 0.4) is 0 Å². The van der Waals surface area contributed by atoms with Gasteiger partial charge in [0, 0.05) is 5.56 Å². The lowest BCUT2D eigenvalue weighted by molar-refractivity contribution is -0.199. The lowest BCUT2D eigenvalue weighted by atomic mass is 10.1. The van der Waals surface area contributed by atoms with Crippen molar-refractivity contribution in [3.8, 4) is 11.8 Å². The molecule has 2 aliphatic heterocycles. The minimum Gasteiger partial charge on any atom is -0.394 e. The van der Waals surface area contributed by atoms with E-state index in [1.165, 1.54) is 6.33 Å². The second-order valence-corrected chi connectivity index (χ2v) is 7.47. The van der Waals surface area contributed by atoms with Crippen LogP contribution >= 0.6 is 0 Å². The van der Waals surface area contributed by atoms with Crippen LogP contribution in [0.5, 0.6) is 0 Å². The summed E-state index contributed by atoms with van der Waals surface area (Å²) in [5, 5.41) is 9.70. The van der Waals surface area contributed by atoms with Gasteiger partial charge in [0.2, 0.25) is 0 Å². The van der Waals surface area contributed by atoms with E-state index in [1.54, 1.807) is 10.9 Å². The lowest BCUT2D eigenvalue weighted by Crippen LogP contribution is -2.31. The number of aliphatic hydroxyl groups is 1. The zero-order chi connectivity index (χ0) is 20.0. The number of imidazole rings is 1. The predicted octanol–water partition coefficient (Wildman–Crippen LogP) is 1.64. The Labute approximate surface area is 167 Å². The number of fused-ring (bicyclic) bond motifs is 2. The van der Waals surface area contributed by atoms with Crippen LogP contribution in [0.1, 0.15) is 31.3 Å². The summed E-state index contributed by atoms with van der Waals surface area (Å²) >= 11 is 0. The first kappa shape index (κ1) is 18.2. The molecule has 1 aromatic carbocycles. The molecule has 2 aliphatic rings. The van der Waals surface area contributed by atoms with Gasteiger partial charge in [-0.15, -0.1) is 0 Å². The van der Waals surface area contributed by atoms with Crippen LogP contribution in [-0.2, 0) is 14.2 Å². The van der Waals surface area contributed by atoms with E-state index in [4.69, 9.17) is 14.2 Å². The molecule has 8 nitrogen and oxygen atoms in total. The van der Waals surface area contributed by atoms with Gasteiger partial charge in [-0.05, 0) is 31.9 Å². The van der Waals surface area contributed by atoms with Crippen molar-refractivity contribution >= 4 is 11.2 Å². The molecule has 0 saturated carbocycles. The van der Waals surface area contributed by atoms with E-state index in [9.17, 15) is 5.11 Å². The van der Waals surface area contributed by atoms with Crippen LogP contribution in [0.4, 0.5) is 0 Å². The second-order valence-electron chi connectivity index (χ2n) is 7.47. The molecule has 0 amide bonds. The Morgan fingerprint density at radius 2 is 1.86 bits per heavy atom. The first-order valence-corrected chi connectivity index (χ1v) is 9.42. The number of hydrogen-bond donors (Lipinski definition) is 1. The van der Waals surface area contributed by atoms with Gasteiger partial charge in [0.25, 0.3) is 0 Å². The Morgan fingerprint density at radius 1 is 1.07 bits per heavy atom. The van der Waals surface area contributed by atoms with Gasteiger partial charge in [-0.3, -0.25) is 4.57 Å². The van der Waals surface area contributed by atoms with Gasteiger partial charge in [-0.25, -0.2) is 15.0 Å². The molecule has 8 heteroatoms. The van der Waals surface area contributed by atoms with Gasteiger partial charge >= 0.3 is 0 Å². The third-order valence-electron chi connectivity index (χ3n) is 5.04. The molecule has 0 aliphatic carbocycles. The highest BCUT2D eigenvalue weighted by Gasteiger charge is 2.55. The Balaban J connectivity index is 1.52. The molecule has 2 saturated heterocycles. The molecule has 4 atom stereocenters. The maximum absolute atomic E-state index is 9.70. The summed E-state index contributed by atoms with van der Waals surface area (Å²) in [5.41, 5.74) is 2.61. The van der Waals surface area contributed by atoms with Crippen molar-refractivity contribution in [2.24, 2.45) is 0 Å². The van der Waals surface area contributed by atoms with Crippen molar-refractivity contribution in [2.75, 3.05) is 6.61 Å². The molecule has 2 fully saturated rings. The molecule has 4 unspecified atom stereocenters. The van der Waals surface area contributed by atoms with E-state index in [-0.39, 0.29) is 18.8 Å². The summed E-state index contributed by atoms with van der Waals surface area (Å²) in [6.07, 6.45) is 1.35. The topological polar surface area (TPSA) is 91.5 Å². The largest absolute Gasteiger partial charge is 0.394 e. The fourth-order valence-electron chi connectivity index (χ4n) is 3.81. The van der Waals surface area contributed by atoms with E-state index in [1.807, 2.05) is 44.2 Å². The van der Waals surface area contributed by atoms with E-state index in [0.29, 0.717) is 16.9 Å². The highest BCUT2D eigenvalue weighted by atomic mass is 16.8. The molecular weight excluding hydrogens is 372 g/mol. The summed E-state index contributed by atoms with van der Waals surface area (Å²) in [4.78, 5) is 13.1. The lowest BCUT2D eigenvalue weighted by Gasteiger charge is -2.24. The van der Waals surface area contributed by atoms with Crippen LogP contribution in [0, 0.1) is 11.8 Å². The quantitative estimate of drug-likeness (QED) is 0.663. The summed E-state index contributed by atoms with van der Waals surface area (Å²) in [5.74, 6) is 5.42. The Kier molecular flexibility index (Phi) is 4.33.